The van der Waals surface area contributed by atoms with Crippen LogP contribution in [0.5, 0.6) is 0 Å². The van der Waals surface area contributed by atoms with Crippen LogP contribution in [0, 0.1) is 0 Å². The minimum Gasteiger partial charge on any atom is -0.345 e. The molecule has 0 saturated carbocycles. The van der Waals surface area contributed by atoms with Crippen molar-refractivity contribution in [1.82, 2.24) is 0 Å². The molecule has 3 unspecified atom stereocenters. The first-order valence-electron chi connectivity index (χ1n) is 9.84. The monoisotopic (exact) mass is 323 g/mol. The van der Waals surface area contributed by atoms with E-state index in [1.54, 1.807) is 0 Å². The number of aliphatic hydroxyl groups is 1. The number of allylic oxidation sites excluding steroid dienone is 2. The average molecular weight is 324 g/mol. The quantitative estimate of drug-likeness (QED) is 0.287. The maximum Gasteiger partial charge on any atom is 0.189 e. The van der Waals surface area contributed by atoms with Crippen molar-refractivity contribution >= 4 is 6.21 Å². The lowest BCUT2D eigenvalue weighted by atomic mass is 10.0. The highest BCUT2D eigenvalue weighted by molar-refractivity contribution is 5.60. The third-order valence-electron chi connectivity index (χ3n) is 5.44. The molecule has 23 heavy (non-hydrogen) atoms. The van der Waals surface area contributed by atoms with Gasteiger partial charge in [0.05, 0.1) is 12.8 Å². The summed E-state index contributed by atoms with van der Waals surface area (Å²) in [5.41, 5.74) is 0. The fraction of sp³-hybridized carbons (Fsp3) is 0.850. The number of rotatable bonds is 13. The molecule has 0 radical (unpaired) electrons. The summed E-state index contributed by atoms with van der Waals surface area (Å²) in [6.07, 6.45) is 19.6. The Hall–Kier alpha value is -0.670. The second kappa shape index (κ2) is 11.8. The Morgan fingerprint density at radius 1 is 1.13 bits per heavy atom. The van der Waals surface area contributed by atoms with E-state index in [1.807, 2.05) is 13.1 Å². The summed E-state index contributed by atoms with van der Waals surface area (Å²) in [5.74, 6) is 0. The summed E-state index contributed by atoms with van der Waals surface area (Å²) >= 11 is 0. The summed E-state index contributed by atoms with van der Waals surface area (Å²) in [6.45, 7) is 8.05. The van der Waals surface area contributed by atoms with E-state index in [9.17, 15) is 5.11 Å². The Morgan fingerprint density at radius 2 is 1.74 bits per heavy atom. The number of quaternary nitrogens is 1. The number of nitrogens with zero attached hydrogens (tertiary/aromatic N) is 2. The van der Waals surface area contributed by atoms with Crippen LogP contribution in [0.3, 0.4) is 0 Å². The molecule has 1 N–H and O–H groups in total. The number of hydrogen-bond donors (Lipinski definition) is 1. The Balaban J connectivity index is 2.03. The van der Waals surface area contributed by atoms with Crippen LogP contribution in [0.1, 0.15) is 85.0 Å². The van der Waals surface area contributed by atoms with Crippen LogP contribution in [0.15, 0.2) is 17.1 Å². The van der Waals surface area contributed by atoms with Crippen LogP contribution in [0.2, 0.25) is 0 Å². The third kappa shape index (κ3) is 6.76. The smallest absolute Gasteiger partial charge is 0.189 e. The van der Waals surface area contributed by atoms with Gasteiger partial charge in [-0.1, -0.05) is 50.7 Å². The highest BCUT2D eigenvalue weighted by Crippen LogP contribution is 2.26. The minimum absolute atomic E-state index is 0.284. The molecule has 1 rings (SSSR count). The van der Waals surface area contributed by atoms with E-state index in [-0.39, 0.29) is 12.4 Å². The number of hydrogen-bond acceptors (Lipinski definition) is 2. The molecule has 0 aliphatic carbocycles. The SMILES string of the molecule is C/C=C/CCCCCCCCCCC1N=CC[N+]1(CC)C(C)O. The molecule has 0 spiro atoms. The lowest BCUT2D eigenvalue weighted by Gasteiger charge is -2.40. The fourth-order valence-electron chi connectivity index (χ4n) is 3.73. The minimum atomic E-state index is -0.310. The molecule has 0 bridgehead atoms. The van der Waals surface area contributed by atoms with E-state index < -0.39 is 0 Å². The van der Waals surface area contributed by atoms with Crippen LogP contribution in [0.4, 0.5) is 0 Å². The Morgan fingerprint density at radius 3 is 2.30 bits per heavy atom. The Bertz CT molecular complexity index is 352. The van der Waals surface area contributed by atoms with Gasteiger partial charge < -0.3 is 5.11 Å². The topological polar surface area (TPSA) is 32.6 Å². The van der Waals surface area contributed by atoms with Crippen molar-refractivity contribution in [2.24, 2.45) is 4.99 Å². The molecule has 0 aromatic carbocycles. The van der Waals surface area contributed by atoms with E-state index in [2.05, 4.69) is 31.0 Å². The summed E-state index contributed by atoms with van der Waals surface area (Å²) in [4.78, 5) is 4.65. The highest BCUT2D eigenvalue weighted by atomic mass is 16.3. The largest absolute Gasteiger partial charge is 0.345 e. The molecule has 0 aromatic rings. The van der Waals surface area contributed by atoms with Gasteiger partial charge in [-0.3, -0.25) is 4.48 Å². The molecule has 3 nitrogen and oxygen atoms in total. The van der Waals surface area contributed by atoms with Gasteiger partial charge in [-0.05, 0) is 33.1 Å². The zero-order chi connectivity index (χ0) is 17.0. The predicted octanol–water partition coefficient (Wildman–Crippen LogP) is 5.05. The van der Waals surface area contributed by atoms with Crippen molar-refractivity contribution in [2.45, 2.75) is 97.4 Å². The van der Waals surface area contributed by atoms with E-state index in [4.69, 9.17) is 0 Å². The van der Waals surface area contributed by atoms with Gasteiger partial charge in [0.15, 0.2) is 12.4 Å². The van der Waals surface area contributed by atoms with Crippen LogP contribution < -0.4 is 0 Å². The van der Waals surface area contributed by atoms with E-state index >= 15 is 0 Å². The van der Waals surface area contributed by atoms with E-state index in [0.717, 1.165) is 24.0 Å². The highest BCUT2D eigenvalue weighted by Gasteiger charge is 2.41. The molecular weight excluding hydrogens is 284 g/mol. The summed E-state index contributed by atoms with van der Waals surface area (Å²) in [7, 11) is 0. The van der Waals surface area contributed by atoms with Crippen LogP contribution in [-0.2, 0) is 0 Å². The number of aliphatic imine (C=N–C) groups is 1. The Kier molecular flexibility index (Phi) is 10.5. The maximum absolute atomic E-state index is 10.1. The lowest BCUT2D eigenvalue weighted by Crippen LogP contribution is -2.57. The maximum atomic E-state index is 10.1. The molecule has 1 aliphatic heterocycles. The lowest BCUT2D eigenvalue weighted by molar-refractivity contribution is -0.976. The van der Waals surface area contributed by atoms with E-state index in [1.165, 1.54) is 57.8 Å². The molecule has 134 valence electrons. The molecule has 0 aromatic heterocycles. The first-order valence-corrected chi connectivity index (χ1v) is 9.84. The second-order valence-corrected chi connectivity index (χ2v) is 7.02. The van der Waals surface area contributed by atoms with Crippen LogP contribution in [0.25, 0.3) is 0 Å². The van der Waals surface area contributed by atoms with Crippen molar-refractivity contribution < 1.29 is 9.59 Å². The molecule has 0 amide bonds. The van der Waals surface area contributed by atoms with Gasteiger partial charge >= 0.3 is 0 Å². The van der Waals surface area contributed by atoms with Gasteiger partial charge in [-0.15, -0.1) is 0 Å². The molecule has 3 atom stereocenters. The Labute approximate surface area is 144 Å². The van der Waals surface area contributed by atoms with E-state index in [0.29, 0.717) is 0 Å². The molecule has 0 fully saturated rings. The first kappa shape index (κ1) is 20.4. The zero-order valence-electron chi connectivity index (χ0n) is 15.7. The molecule has 1 aliphatic rings. The van der Waals surface area contributed by atoms with Crippen LogP contribution in [-0.4, -0.2) is 41.3 Å². The standard InChI is InChI=1S/C20H39N2O/c1-4-6-7-8-9-10-11-12-13-14-15-16-20-21-17-18-22(20,5-2)19(3)23/h4,6,17,19-20,23H,5,7-16,18H2,1-3H3/q+1/b6-4+. The van der Waals surface area contributed by atoms with Crippen molar-refractivity contribution in [1.29, 1.82) is 0 Å². The van der Waals surface area contributed by atoms with Gasteiger partial charge in [0.1, 0.15) is 6.54 Å². The second-order valence-electron chi connectivity index (χ2n) is 7.02. The van der Waals surface area contributed by atoms with Crippen molar-refractivity contribution in [3.05, 3.63) is 12.2 Å². The van der Waals surface area contributed by atoms with Crippen LogP contribution >= 0.6 is 0 Å². The fourth-order valence-corrected chi connectivity index (χ4v) is 3.73. The van der Waals surface area contributed by atoms with Gasteiger partial charge in [-0.25, -0.2) is 4.99 Å². The first-order chi connectivity index (χ1) is 11.2. The number of aliphatic hydroxyl groups excluding tert-OH is 1. The normalized spacial score (nSPS) is 25.5. The van der Waals surface area contributed by atoms with Gasteiger partial charge in [-0.2, -0.15) is 0 Å². The third-order valence-corrected chi connectivity index (χ3v) is 5.44. The van der Waals surface area contributed by atoms with Crippen molar-refractivity contribution in [3.8, 4) is 0 Å². The predicted molar refractivity (Wildman–Crippen MR) is 101 cm³/mol. The molecule has 3 heteroatoms. The van der Waals surface area contributed by atoms with Crippen molar-refractivity contribution in [2.75, 3.05) is 13.1 Å². The van der Waals surface area contributed by atoms with Gasteiger partial charge in [0.2, 0.25) is 0 Å². The molecule has 0 saturated heterocycles. The summed E-state index contributed by atoms with van der Waals surface area (Å²) in [5, 5.41) is 10.1. The summed E-state index contributed by atoms with van der Waals surface area (Å²) < 4.78 is 0.742. The number of unbranched alkanes of at least 4 members (excludes halogenated alkanes) is 8. The van der Waals surface area contributed by atoms with Gasteiger partial charge in [0.25, 0.3) is 0 Å². The average Bonchev–Trinajstić information content (AvgIpc) is 2.97. The van der Waals surface area contributed by atoms with Crippen molar-refractivity contribution in [3.63, 3.8) is 0 Å². The molecular formula is C20H39N2O+. The zero-order valence-corrected chi connectivity index (χ0v) is 15.7. The molecule has 1 heterocycles. The van der Waals surface area contributed by atoms with Gasteiger partial charge in [0, 0.05) is 13.3 Å². The summed E-state index contributed by atoms with van der Waals surface area (Å²) in [6, 6.07) is 0.